The van der Waals surface area contributed by atoms with Crippen molar-refractivity contribution in [2.75, 3.05) is 20.3 Å². The van der Waals surface area contributed by atoms with E-state index in [2.05, 4.69) is 10.1 Å². The van der Waals surface area contributed by atoms with Crippen LogP contribution in [0.15, 0.2) is 22.7 Å². The maximum absolute atomic E-state index is 10.0. The number of aromatic nitrogens is 2. The molecule has 2 atom stereocenters. The first kappa shape index (κ1) is 14.0. The van der Waals surface area contributed by atoms with Gasteiger partial charge in [0.05, 0.1) is 31.3 Å². The minimum absolute atomic E-state index is 0.267. The molecule has 3 rings (SSSR count). The van der Waals surface area contributed by atoms with E-state index in [1.807, 2.05) is 25.1 Å². The summed E-state index contributed by atoms with van der Waals surface area (Å²) in [5, 5.41) is 14.0. The quantitative estimate of drug-likeness (QED) is 0.930. The monoisotopic (exact) mass is 290 g/mol. The van der Waals surface area contributed by atoms with Crippen molar-refractivity contribution in [2.24, 2.45) is 0 Å². The molecule has 0 saturated carbocycles. The molecular formula is C15H18N2O4. The average Bonchev–Trinajstić information content (AvgIpc) is 2.97. The second-order valence-corrected chi connectivity index (χ2v) is 5.20. The van der Waals surface area contributed by atoms with Crippen LogP contribution in [0.2, 0.25) is 0 Å². The summed E-state index contributed by atoms with van der Waals surface area (Å²) in [6, 6.07) is 5.78. The molecule has 2 heterocycles. The molecule has 1 fully saturated rings. The Labute approximate surface area is 122 Å². The minimum Gasteiger partial charge on any atom is -0.496 e. The zero-order valence-electron chi connectivity index (χ0n) is 12.1. The van der Waals surface area contributed by atoms with Gasteiger partial charge in [0.1, 0.15) is 5.75 Å². The minimum atomic E-state index is -0.507. The molecular weight excluding hydrogens is 272 g/mol. The van der Waals surface area contributed by atoms with Crippen LogP contribution in [0.5, 0.6) is 5.75 Å². The summed E-state index contributed by atoms with van der Waals surface area (Å²) in [4.78, 5) is 4.40. The van der Waals surface area contributed by atoms with Gasteiger partial charge in [0, 0.05) is 6.61 Å². The number of aliphatic hydroxyl groups excluding tert-OH is 1. The largest absolute Gasteiger partial charge is 0.496 e. The second-order valence-electron chi connectivity index (χ2n) is 5.20. The standard InChI is InChI=1S/C15H18N2O4/c1-9-3-4-10(13(7-9)19-2)14-16-15(21-17-14)11-8-20-6-5-12(11)18/h3-4,7,11-12,18H,5-6,8H2,1-2H3. The lowest BCUT2D eigenvalue weighted by molar-refractivity contribution is -0.0149. The third-order valence-electron chi connectivity index (χ3n) is 3.68. The van der Waals surface area contributed by atoms with Crippen LogP contribution >= 0.6 is 0 Å². The Bertz CT molecular complexity index is 626. The molecule has 1 N–H and O–H groups in total. The smallest absolute Gasteiger partial charge is 0.235 e. The zero-order chi connectivity index (χ0) is 14.8. The van der Waals surface area contributed by atoms with Crippen molar-refractivity contribution < 1.29 is 19.1 Å². The van der Waals surface area contributed by atoms with Gasteiger partial charge in [-0.2, -0.15) is 4.98 Å². The Hall–Kier alpha value is -1.92. The van der Waals surface area contributed by atoms with Gasteiger partial charge in [-0.15, -0.1) is 0 Å². The zero-order valence-corrected chi connectivity index (χ0v) is 12.1. The number of aryl methyl sites for hydroxylation is 1. The van der Waals surface area contributed by atoms with Crippen LogP contribution in [-0.2, 0) is 4.74 Å². The molecule has 6 heteroatoms. The number of hydrogen-bond acceptors (Lipinski definition) is 6. The van der Waals surface area contributed by atoms with Gasteiger partial charge >= 0.3 is 0 Å². The summed E-state index contributed by atoms with van der Waals surface area (Å²) in [6.45, 7) is 2.95. The average molecular weight is 290 g/mol. The molecule has 112 valence electrons. The van der Waals surface area contributed by atoms with Crippen molar-refractivity contribution in [3.8, 4) is 17.1 Å². The lowest BCUT2D eigenvalue weighted by Crippen LogP contribution is -2.30. The maximum Gasteiger partial charge on any atom is 0.235 e. The number of benzene rings is 1. The molecule has 1 aromatic heterocycles. The molecule has 1 saturated heterocycles. The summed E-state index contributed by atoms with van der Waals surface area (Å²) >= 11 is 0. The lowest BCUT2D eigenvalue weighted by atomic mass is 9.99. The van der Waals surface area contributed by atoms with Crippen molar-refractivity contribution in [1.29, 1.82) is 0 Å². The highest BCUT2D eigenvalue weighted by Gasteiger charge is 2.30. The topological polar surface area (TPSA) is 77.6 Å². The van der Waals surface area contributed by atoms with Crippen molar-refractivity contribution in [3.05, 3.63) is 29.7 Å². The molecule has 1 aliphatic heterocycles. The van der Waals surface area contributed by atoms with E-state index in [-0.39, 0.29) is 5.92 Å². The van der Waals surface area contributed by atoms with E-state index < -0.39 is 6.10 Å². The van der Waals surface area contributed by atoms with Crippen LogP contribution in [-0.4, -0.2) is 41.7 Å². The van der Waals surface area contributed by atoms with Crippen LogP contribution < -0.4 is 4.74 Å². The molecule has 21 heavy (non-hydrogen) atoms. The van der Waals surface area contributed by atoms with Gasteiger partial charge in [-0.25, -0.2) is 0 Å². The van der Waals surface area contributed by atoms with Gasteiger partial charge < -0.3 is 19.1 Å². The van der Waals surface area contributed by atoms with E-state index in [0.717, 1.165) is 11.1 Å². The summed E-state index contributed by atoms with van der Waals surface area (Å²) in [5.41, 5.74) is 1.86. The predicted octanol–water partition coefficient (Wildman–Crippen LogP) is 1.92. The Morgan fingerprint density at radius 2 is 2.24 bits per heavy atom. The highest BCUT2D eigenvalue weighted by molar-refractivity contribution is 5.64. The fourth-order valence-corrected chi connectivity index (χ4v) is 2.44. The second kappa shape index (κ2) is 5.83. The number of rotatable bonds is 3. The molecule has 1 aliphatic rings. The van der Waals surface area contributed by atoms with E-state index in [4.69, 9.17) is 14.0 Å². The molecule has 0 spiro atoms. The first-order valence-electron chi connectivity index (χ1n) is 6.93. The number of nitrogens with zero attached hydrogens (tertiary/aromatic N) is 2. The fourth-order valence-electron chi connectivity index (χ4n) is 2.44. The molecule has 0 radical (unpaired) electrons. The van der Waals surface area contributed by atoms with Crippen LogP contribution in [0, 0.1) is 6.92 Å². The lowest BCUT2D eigenvalue weighted by Gasteiger charge is -2.24. The Kier molecular flexibility index (Phi) is 3.90. The maximum atomic E-state index is 10.0. The Balaban J connectivity index is 1.91. The molecule has 0 amide bonds. The van der Waals surface area contributed by atoms with E-state index >= 15 is 0 Å². The molecule has 2 aromatic rings. The summed E-state index contributed by atoms with van der Waals surface area (Å²) in [5.74, 6) is 1.29. The summed E-state index contributed by atoms with van der Waals surface area (Å²) in [6.07, 6.45) is 0.0722. The Morgan fingerprint density at radius 3 is 3.00 bits per heavy atom. The van der Waals surface area contributed by atoms with E-state index in [1.165, 1.54) is 0 Å². The van der Waals surface area contributed by atoms with Crippen LogP contribution in [0.3, 0.4) is 0 Å². The third-order valence-corrected chi connectivity index (χ3v) is 3.68. The highest BCUT2D eigenvalue weighted by Crippen LogP contribution is 2.31. The normalized spacial score (nSPS) is 22.2. The van der Waals surface area contributed by atoms with Crippen LogP contribution in [0.25, 0.3) is 11.4 Å². The van der Waals surface area contributed by atoms with Gasteiger partial charge in [-0.1, -0.05) is 11.2 Å². The van der Waals surface area contributed by atoms with Crippen LogP contribution in [0.4, 0.5) is 0 Å². The number of aliphatic hydroxyl groups is 1. The molecule has 0 aliphatic carbocycles. The van der Waals surface area contributed by atoms with Gasteiger partial charge in [-0.05, 0) is 31.0 Å². The molecule has 1 aromatic carbocycles. The Morgan fingerprint density at radius 1 is 1.38 bits per heavy atom. The number of methoxy groups -OCH3 is 1. The third kappa shape index (κ3) is 2.77. The molecule has 2 unspecified atom stereocenters. The SMILES string of the molecule is COc1cc(C)ccc1-c1noc(C2COCCC2O)n1. The predicted molar refractivity (Wildman–Crippen MR) is 75.2 cm³/mol. The van der Waals surface area contributed by atoms with Gasteiger partial charge in [0.2, 0.25) is 11.7 Å². The van der Waals surface area contributed by atoms with E-state index in [1.54, 1.807) is 7.11 Å². The van der Waals surface area contributed by atoms with Crippen molar-refractivity contribution >= 4 is 0 Å². The molecule has 6 nitrogen and oxygen atoms in total. The van der Waals surface area contributed by atoms with Gasteiger partial charge in [0.25, 0.3) is 0 Å². The van der Waals surface area contributed by atoms with Gasteiger partial charge in [0.15, 0.2) is 0 Å². The van der Waals surface area contributed by atoms with Crippen molar-refractivity contribution in [1.82, 2.24) is 10.1 Å². The van der Waals surface area contributed by atoms with Crippen molar-refractivity contribution in [3.63, 3.8) is 0 Å². The molecule has 0 bridgehead atoms. The van der Waals surface area contributed by atoms with Crippen molar-refractivity contribution in [2.45, 2.75) is 25.4 Å². The first-order chi connectivity index (χ1) is 10.2. The number of ether oxygens (including phenoxy) is 2. The van der Waals surface area contributed by atoms with E-state index in [9.17, 15) is 5.11 Å². The summed E-state index contributed by atoms with van der Waals surface area (Å²) in [7, 11) is 1.61. The van der Waals surface area contributed by atoms with E-state index in [0.29, 0.717) is 37.1 Å². The first-order valence-corrected chi connectivity index (χ1v) is 6.93. The summed E-state index contributed by atoms with van der Waals surface area (Å²) < 4.78 is 16.0. The van der Waals surface area contributed by atoms with Crippen LogP contribution in [0.1, 0.15) is 23.8 Å². The fraction of sp³-hybridized carbons (Fsp3) is 0.467. The van der Waals surface area contributed by atoms with Gasteiger partial charge in [-0.3, -0.25) is 0 Å². The number of hydrogen-bond donors (Lipinski definition) is 1. The highest BCUT2D eigenvalue weighted by atomic mass is 16.5.